The van der Waals surface area contributed by atoms with E-state index >= 15 is 0 Å². The summed E-state index contributed by atoms with van der Waals surface area (Å²) < 4.78 is 0. The molecular formula is C14H22N2. The lowest BCUT2D eigenvalue weighted by Gasteiger charge is -2.25. The lowest BCUT2D eigenvalue weighted by Crippen LogP contribution is -2.29. The molecule has 1 unspecified atom stereocenters. The van der Waals surface area contributed by atoms with E-state index in [9.17, 15) is 0 Å². The Labute approximate surface area is 98.4 Å². The van der Waals surface area contributed by atoms with Crippen molar-refractivity contribution in [3.8, 4) is 0 Å². The Hall–Kier alpha value is -1.02. The summed E-state index contributed by atoms with van der Waals surface area (Å²) in [6, 6.07) is 9.11. The molecule has 1 aliphatic rings. The highest BCUT2D eigenvalue weighted by Gasteiger charge is 2.14. The van der Waals surface area contributed by atoms with Crippen LogP contribution < -0.4 is 10.6 Å². The molecule has 0 aliphatic carbocycles. The number of aryl methyl sites for hydroxylation is 1. The van der Waals surface area contributed by atoms with Crippen LogP contribution in [0.15, 0.2) is 24.3 Å². The zero-order valence-electron chi connectivity index (χ0n) is 10.2. The number of nitrogens with two attached hydrogens (primary N) is 1. The zero-order chi connectivity index (χ0) is 11.4. The summed E-state index contributed by atoms with van der Waals surface area (Å²) in [5.41, 5.74) is 8.78. The molecule has 0 spiro atoms. The average Bonchev–Trinajstić information content (AvgIpc) is 2.48. The summed E-state index contributed by atoms with van der Waals surface area (Å²) >= 11 is 0. The number of para-hydroxylation sites is 1. The van der Waals surface area contributed by atoms with E-state index in [2.05, 4.69) is 36.1 Å². The van der Waals surface area contributed by atoms with Crippen LogP contribution in [0.3, 0.4) is 0 Å². The summed E-state index contributed by atoms with van der Waals surface area (Å²) in [7, 11) is 0. The van der Waals surface area contributed by atoms with Gasteiger partial charge in [-0.05, 0) is 44.2 Å². The van der Waals surface area contributed by atoms with Crippen LogP contribution in [-0.2, 0) is 6.42 Å². The SMILES string of the molecule is CC(N)CCN1CCCCc2ccccc21. The van der Waals surface area contributed by atoms with Gasteiger partial charge in [-0.3, -0.25) is 0 Å². The molecule has 88 valence electrons. The van der Waals surface area contributed by atoms with Crippen LogP contribution in [0.1, 0.15) is 31.7 Å². The first-order chi connectivity index (χ1) is 7.77. The molecule has 16 heavy (non-hydrogen) atoms. The fourth-order valence-electron chi connectivity index (χ4n) is 2.36. The molecule has 0 radical (unpaired) electrons. The topological polar surface area (TPSA) is 29.3 Å². The molecule has 1 aliphatic heterocycles. The Kier molecular flexibility index (Phi) is 3.83. The number of nitrogens with zero attached hydrogens (tertiary/aromatic N) is 1. The van der Waals surface area contributed by atoms with Crippen molar-refractivity contribution in [2.45, 2.75) is 38.6 Å². The summed E-state index contributed by atoms with van der Waals surface area (Å²) in [6.45, 7) is 4.36. The van der Waals surface area contributed by atoms with Crippen LogP contribution in [0.2, 0.25) is 0 Å². The molecule has 2 nitrogen and oxygen atoms in total. The molecule has 2 heteroatoms. The monoisotopic (exact) mass is 218 g/mol. The molecular weight excluding hydrogens is 196 g/mol. The Bertz CT molecular complexity index is 333. The lowest BCUT2D eigenvalue weighted by molar-refractivity contribution is 0.627. The average molecular weight is 218 g/mol. The number of rotatable bonds is 3. The van der Waals surface area contributed by atoms with Crippen LogP contribution >= 0.6 is 0 Å². The van der Waals surface area contributed by atoms with Gasteiger partial charge in [-0.15, -0.1) is 0 Å². The Balaban J connectivity index is 2.12. The van der Waals surface area contributed by atoms with E-state index in [-0.39, 0.29) is 0 Å². The third-order valence-corrected chi connectivity index (χ3v) is 3.31. The molecule has 1 aromatic rings. The summed E-state index contributed by atoms with van der Waals surface area (Å²) in [6.07, 6.45) is 4.92. The Morgan fingerprint density at radius 3 is 2.94 bits per heavy atom. The standard InChI is InChI=1S/C14H22N2/c1-12(15)9-11-16-10-5-4-7-13-6-2-3-8-14(13)16/h2-3,6,8,12H,4-5,7,9-11,15H2,1H3. The minimum absolute atomic E-state index is 0.301. The van der Waals surface area contributed by atoms with Gasteiger partial charge in [0.05, 0.1) is 0 Å². The highest BCUT2D eigenvalue weighted by atomic mass is 15.1. The van der Waals surface area contributed by atoms with E-state index in [1.54, 1.807) is 0 Å². The third kappa shape index (κ3) is 2.76. The molecule has 0 saturated heterocycles. The predicted octanol–water partition coefficient (Wildman–Crippen LogP) is 2.57. The normalized spacial score (nSPS) is 17.8. The maximum Gasteiger partial charge on any atom is 0.0398 e. The minimum atomic E-state index is 0.301. The first kappa shape index (κ1) is 11.5. The Morgan fingerprint density at radius 1 is 1.31 bits per heavy atom. The maximum atomic E-state index is 5.84. The Morgan fingerprint density at radius 2 is 2.12 bits per heavy atom. The minimum Gasteiger partial charge on any atom is -0.371 e. The van der Waals surface area contributed by atoms with Crippen molar-refractivity contribution in [3.05, 3.63) is 29.8 Å². The fourth-order valence-corrected chi connectivity index (χ4v) is 2.36. The van der Waals surface area contributed by atoms with E-state index in [0.29, 0.717) is 6.04 Å². The maximum absolute atomic E-state index is 5.84. The van der Waals surface area contributed by atoms with Gasteiger partial charge in [0, 0.05) is 24.8 Å². The van der Waals surface area contributed by atoms with Gasteiger partial charge in [0.25, 0.3) is 0 Å². The summed E-state index contributed by atoms with van der Waals surface area (Å²) in [5, 5.41) is 0. The van der Waals surface area contributed by atoms with E-state index in [1.807, 2.05) is 0 Å². The van der Waals surface area contributed by atoms with Crippen LogP contribution in [0, 0.1) is 0 Å². The molecule has 0 saturated carbocycles. The molecule has 0 bridgehead atoms. The molecule has 0 amide bonds. The van der Waals surface area contributed by atoms with Crippen LogP contribution in [0.4, 0.5) is 5.69 Å². The smallest absolute Gasteiger partial charge is 0.0398 e. The van der Waals surface area contributed by atoms with E-state index in [1.165, 1.54) is 37.1 Å². The van der Waals surface area contributed by atoms with Crippen molar-refractivity contribution in [1.82, 2.24) is 0 Å². The van der Waals surface area contributed by atoms with Gasteiger partial charge in [0.2, 0.25) is 0 Å². The van der Waals surface area contributed by atoms with Crippen LogP contribution in [0.25, 0.3) is 0 Å². The van der Waals surface area contributed by atoms with Gasteiger partial charge in [-0.25, -0.2) is 0 Å². The highest BCUT2D eigenvalue weighted by molar-refractivity contribution is 5.54. The van der Waals surface area contributed by atoms with Gasteiger partial charge in [0.15, 0.2) is 0 Å². The largest absolute Gasteiger partial charge is 0.371 e. The number of anilines is 1. The van der Waals surface area contributed by atoms with Gasteiger partial charge in [0.1, 0.15) is 0 Å². The van der Waals surface area contributed by atoms with Gasteiger partial charge in [-0.2, -0.15) is 0 Å². The first-order valence-electron chi connectivity index (χ1n) is 6.36. The molecule has 2 N–H and O–H groups in total. The number of hydrogen-bond acceptors (Lipinski definition) is 2. The van der Waals surface area contributed by atoms with Crippen molar-refractivity contribution < 1.29 is 0 Å². The van der Waals surface area contributed by atoms with E-state index < -0.39 is 0 Å². The fraction of sp³-hybridized carbons (Fsp3) is 0.571. The number of fused-ring (bicyclic) bond motifs is 1. The number of benzene rings is 1. The van der Waals surface area contributed by atoms with Gasteiger partial charge < -0.3 is 10.6 Å². The molecule has 2 rings (SSSR count). The quantitative estimate of drug-likeness (QED) is 0.845. The van der Waals surface area contributed by atoms with Crippen LogP contribution in [-0.4, -0.2) is 19.1 Å². The zero-order valence-corrected chi connectivity index (χ0v) is 10.2. The first-order valence-corrected chi connectivity index (χ1v) is 6.36. The van der Waals surface area contributed by atoms with Gasteiger partial charge in [-0.1, -0.05) is 18.2 Å². The third-order valence-electron chi connectivity index (χ3n) is 3.31. The van der Waals surface area contributed by atoms with Crippen molar-refractivity contribution in [2.75, 3.05) is 18.0 Å². The predicted molar refractivity (Wildman–Crippen MR) is 69.9 cm³/mol. The van der Waals surface area contributed by atoms with Crippen molar-refractivity contribution >= 4 is 5.69 Å². The molecule has 1 aromatic carbocycles. The van der Waals surface area contributed by atoms with Crippen LogP contribution in [0.5, 0.6) is 0 Å². The number of hydrogen-bond donors (Lipinski definition) is 1. The molecule has 0 fully saturated rings. The second kappa shape index (κ2) is 5.35. The summed E-state index contributed by atoms with van der Waals surface area (Å²) in [4.78, 5) is 2.51. The molecule has 1 heterocycles. The van der Waals surface area contributed by atoms with Crippen molar-refractivity contribution in [3.63, 3.8) is 0 Å². The second-order valence-corrected chi connectivity index (χ2v) is 4.84. The molecule has 1 atom stereocenters. The van der Waals surface area contributed by atoms with Gasteiger partial charge >= 0.3 is 0 Å². The van der Waals surface area contributed by atoms with Crippen molar-refractivity contribution in [2.24, 2.45) is 5.73 Å². The van der Waals surface area contributed by atoms with Crippen molar-refractivity contribution in [1.29, 1.82) is 0 Å². The second-order valence-electron chi connectivity index (χ2n) is 4.84. The lowest BCUT2D eigenvalue weighted by atomic mass is 10.1. The highest BCUT2D eigenvalue weighted by Crippen LogP contribution is 2.26. The molecule has 0 aromatic heterocycles. The van der Waals surface area contributed by atoms with E-state index in [4.69, 9.17) is 5.73 Å². The van der Waals surface area contributed by atoms with E-state index in [0.717, 1.165) is 13.0 Å². The summed E-state index contributed by atoms with van der Waals surface area (Å²) in [5.74, 6) is 0.